The number of imide groups is 1. The molecule has 1 aliphatic rings. The van der Waals surface area contributed by atoms with Crippen molar-refractivity contribution in [3.63, 3.8) is 0 Å². The van der Waals surface area contributed by atoms with Crippen molar-refractivity contribution in [2.45, 2.75) is 6.92 Å². The van der Waals surface area contributed by atoms with Gasteiger partial charge in [0.2, 0.25) is 0 Å². The SMILES string of the molecule is Cc1ccc(N)cc1N1C(=O)c2ccc(Cl)cc2C1=O. The van der Waals surface area contributed by atoms with Crippen LogP contribution in [0.1, 0.15) is 26.3 Å². The van der Waals surface area contributed by atoms with Crippen LogP contribution in [-0.4, -0.2) is 11.8 Å². The largest absolute Gasteiger partial charge is 0.399 e. The summed E-state index contributed by atoms with van der Waals surface area (Å²) in [6, 6.07) is 9.81. The van der Waals surface area contributed by atoms with Crippen LogP contribution < -0.4 is 10.6 Å². The molecular formula is C15H11ClN2O2. The Kier molecular flexibility index (Phi) is 2.76. The fraction of sp³-hybridized carbons (Fsp3) is 0.0667. The van der Waals surface area contributed by atoms with E-state index in [2.05, 4.69) is 0 Å². The summed E-state index contributed by atoms with van der Waals surface area (Å²) in [6.07, 6.45) is 0. The lowest BCUT2D eigenvalue weighted by Gasteiger charge is -2.17. The second-order valence-electron chi connectivity index (χ2n) is 4.68. The standard InChI is InChI=1S/C15H11ClN2O2/c1-8-2-4-10(17)7-13(8)18-14(19)11-5-3-9(16)6-12(11)15(18)20/h2-7H,17H2,1H3. The van der Waals surface area contributed by atoms with Crippen molar-refractivity contribution >= 4 is 34.8 Å². The molecule has 2 amide bonds. The predicted molar refractivity (Wildman–Crippen MR) is 78.2 cm³/mol. The molecule has 0 radical (unpaired) electrons. The average molecular weight is 287 g/mol. The number of fused-ring (bicyclic) bond motifs is 1. The molecule has 0 saturated heterocycles. The van der Waals surface area contributed by atoms with Gasteiger partial charge in [0.15, 0.2) is 0 Å². The van der Waals surface area contributed by atoms with E-state index < -0.39 is 0 Å². The normalized spacial score (nSPS) is 13.8. The van der Waals surface area contributed by atoms with Crippen LogP contribution >= 0.6 is 11.6 Å². The lowest BCUT2D eigenvalue weighted by atomic mass is 10.1. The maximum Gasteiger partial charge on any atom is 0.266 e. The molecule has 0 fully saturated rings. The maximum atomic E-state index is 12.4. The van der Waals surface area contributed by atoms with Gasteiger partial charge in [-0.25, -0.2) is 4.90 Å². The molecule has 0 saturated carbocycles. The van der Waals surface area contributed by atoms with Gasteiger partial charge in [0.05, 0.1) is 16.8 Å². The van der Waals surface area contributed by atoms with Gasteiger partial charge in [-0.2, -0.15) is 0 Å². The number of nitrogen functional groups attached to an aromatic ring is 1. The fourth-order valence-electron chi connectivity index (χ4n) is 2.30. The summed E-state index contributed by atoms with van der Waals surface area (Å²) in [5, 5.41) is 0.427. The number of halogens is 1. The van der Waals surface area contributed by atoms with E-state index in [1.807, 2.05) is 6.92 Å². The van der Waals surface area contributed by atoms with E-state index in [0.717, 1.165) is 10.5 Å². The average Bonchev–Trinajstić information content (AvgIpc) is 2.65. The zero-order valence-electron chi connectivity index (χ0n) is 10.7. The lowest BCUT2D eigenvalue weighted by molar-refractivity contribution is 0.0926. The maximum absolute atomic E-state index is 12.4. The summed E-state index contributed by atoms with van der Waals surface area (Å²) in [6.45, 7) is 1.82. The highest BCUT2D eigenvalue weighted by molar-refractivity contribution is 6.37. The van der Waals surface area contributed by atoms with Crippen molar-refractivity contribution in [1.82, 2.24) is 0 Å². The summed E-state index contributed by atoms with van der Waals surface area (Å²) in [5.74, 6) is -0.725. The summed E-state index contributed by atoms with van der Waals surface area (Å²) < 4.78 is 0. The lowest BCUT2D eigenvalue weighted by Crippen LogP contribution is -2.30. The van der Waals surface area contributed by atoms with E-state index in [-0.39, 0.29) is 11.8 Å². The Morgan fingerprint density at radius 3 is 2.45 bits per heavy atom. The Morgan fingerprint density at radius 1 is 1.00 bits per heavy atom. The van der Waals surface area contributed by atoms with Gasteiger partial charge in [-0.15, -0.1) is 0 Å². The summed E-state index contributed by atoms with van der Waals surface area (Å²) in [5.41, 5.74) is 8.24. The zero-order chi connectivity index (χ0) is 14.4. The molecule has 20 heavy (non-hydrogen) atoms. The van der Waals surface area contributed by atoms with Crippen LogP contribution in [0.25, 0.3) is 0 Å². The van der Waals surface area contributed by atoms with Crippen LogP contribution in [0.5, 0.6) is 0 Å². The van der Waals surface area contributed by atoms with E-state index >= 15 is 0 Å². The Bertz CT molecular complexity index is 756. The molecule has 0 spiro atoms. The van der Waals surface area contributed by atoms with Crippen molar-refractivity contribution in [1.29, 1.82) is 0 Å². The van der Waals surface area contributed by atoms with Crippen LogP contribution in [0.15, 0.2) is 36.4 Å². The molecule has 2 N–H and O–H groups in total. The molecule has 2 aromatic carbocycles. The third kappa shape index (κ3) is 1.77. The number of nitrogens with zero attached hydrogens (tertiary/aromatic N) is 1. The minimum Gasteiger partial charge on any atom is -0.399 e. The second kappa shape index (κ2) is 4.35. The van der Waals surface area contributed by atoms with E-state index in [4.69, 9.17) is 17.3 Å². The fourth-order valence-corrected chi connectivity index (χ4v) is 2.47. The monoisotopic (exact) mass is 286 g/mol. The summed E-state index contributed by atoms with van der Waals surface area (Å²) >= 11 is 5.88. The summed E-state index contributed by atoms with van der Waals surface area (Å²) in [7, 11) is 0. The van der Waals surface area contributed by atoms with Crippen LogP contribution in [-0.2, 0) is 0 Å². The minimum absolute atomic E-state index is 0.323. The predicted octanol–water partition coefficient (Wildman–Crippen LogP) is 3.03. The number of hydrogen-bond acceptors (Lipinski definition) is 3. The molecule has 4 nitrogen and oxygen atoms in total. The van der Waals surface area contributed by atoms with Crippen molar-refractivity contribution < 1.29 is 9.59 Å². The molecule has 0 unspecified atom stereocenters. The number of benzene rings is 2. The van der Waals surface area contributed by atoms with Crippen LogP contribution in [0.4, 0.5) is 11.4 Å². The Balaban J connectivity index is 2.16. The first kappa shape index (κ1) is 12.7. The molecule has 0 bridgehead atoms. The Hall–Kier alpha value is -2.33. The van der Waals surface area contributed by atoms with Gasteiger partial charge >= 0.3 is 0 Å². The minimum atomic E-state index is -0.374. The quantitative estimate of drug-likeness (QED) is 0.647. The molecular weight excluding hydrogens is 276 g/mol. The van der Waals surface area contributed by atoms with Crippen molar-refractivity contribution in [3.8, 4) is 0 Å². The third-order valence-electron chi connectivity index (χ3n) is 3.32. The number of rotatable bonds is 1. The first-order valence-electron chi connectivity index (χ1n) is 6.03. The first-order valence-corrected chi connectivity index (χ1v) is 6.41. The highest BCUT2D eigenvalue weighted by atomic mass is 35.5. The van der Waals surface area contributed by atoms with Gasteiger partial charge < -0.3 is 5.73 Å². The number of carbonyl (C=O) groups excluding carboxylic acids is 2. The number of hydrogen-bond donors (Lipinski definition) is 1. The number of nitrogens with two attached hydrogens (primary N) is 1. The van der Waals surface area contributed by atoms with Crippen molar-refractivity contribution in [2.24, 2.45) is 0 Å². The third-order valence-corrected chi connectivity index (χ3v) is 3.56. The highest BCUT2D eigenvalue weighted by Gasteiger charge is 2.37. The number of anilines is 2. The van der Waals surface area contributed by atoms with Crippen LogP contribution in [0, 0.1) is 6.92 Å². The second-order valence-corrected chi connectivity index (χ2v) is 5.12. The van der Waals surface area contributed by atoms with E-state index in [9.17, 15) is 9.59 Å². The van der Waals surface area contributed by atoms with Crippen molar-refractivity contribution in [3.05, 3.63) is 58.1 Å². The number of aryl methyl sites for hydroxylation is 1. The van der Waals surface area contributed by atoms with Gasteiger partial charge in [0.1, 0.15) is 0 Å². The number of amides is 2. The smallest absolute Gasteiger partial charge is 0.266 e. The van der Waals surface area contributed by atoms with E-state index in [1.165, 1.54) is 6.07 Å². The molecule has 3 rings (SSSR count). The van der Waals surface area contributed by atoms with Gasteiger partial charge in [-0.05, 0) is 42.8 Å². The Morgan fingerprint density at radius 2 is 1.70 bits per heavy atom. The zero-order valence-corrected chi connectivity index (χ0v) is 11.4. The topological polar surface area (TPSA) is 63.4 Å². The summed E-state index contributed by atoms with van der Waals surface area (Å²) in [4.78, 5) is 26.0. The Labute approximate surface area is 120 Å². The molecule has 0 aromatic heterocycles. The molecule has 0 atom stereocenters. The first-order chi connectivity index (χ1) is 9.49. The number of carbonyl (C=O) groups is 2. The van der Waals surface area contributed by atoms with Crippen molar-refractivity contribution in [2.75, 3.05) is 10.6 Å². The molecule has 0 aliphatic carbocycles. The van der Waals surface area contributed by atoms with E-state index in [1.54, 1.807) is 30.3 Å². The molecule has 1 aliphatic heterocycles. The van der Waals surface area contributed by atoms with Gasteiger partial charge in [-0.1, -0.05) is 17.7 Å². The van der Waals surface area contributed by atoms with Gasteiger partial charge in [0, 0.05) is 10.7 Å². The molecule has 5 heteroatoms. The van der Waals surface area contributed by atoms with Gasteiger partial charge in [-0.3, -0.25) is 9.59 Å². The van der Waals surface area contributed by atoms with E-state index in [0.29, 0.717) is 27.5 Å². The highest BCUT2D eigenvalue weighted by Crippen LogP contribution is 2.32. The molecule has 100 valence electrons. The van der Waals surface area contributed by atoms with Crippen LogP contribution in [0.3, 0.4) is 0 Å². The van der Waals surface area contributed by atoms with Crippen LogP contribution in [0.2, 0.25) is 5.02 Å². The molecule has 2 aromatic rings. The van der Waals surface area contributed by atoms with Gasteiger partial charge in [0.25, 0.3) is 11.8 Å². The molecule has 1 heterocycles.